The first kappa shape index (κ1) is 19.4. The molecule has 0 saturated carbocycles. The van der Waals surface area contributed by atoms with E-state index in [0.29, 0.717) is 0 Å². The highest BCUT2D eigenvalue weighted by Crippen LogP contribution is 2.21. The Kier molecular flexibility index (Phi) is 6.35. The third kappa shape index (κ3) is 3.96. The zero-order valence-corrected chi connectivity index (χ0v) is 17.0. The van der Waals surface area contributed by atoms with E-state index in [9.17, 15) is 0 Å². The molecule has 0 nitrogen and oxygen atoms in total. The SMILES string of the molecule is CCCC[B-](c1cccc(Cl)c1)(c1cccc(Cl)c1)c1cccc(Cl)c1. The number of hydrogen-bond donors (Lipinski definition) is 0. The van der Waals surface area contributed by atoms with E-state index in [1.165, 1.54) is 16.4 Å². The molecule has 134 valence electrons. The Morgan fingerprint density at radius 2 is 1.04 bits per heavy atom. The van der Waals surface area contributed by atoms with E-state index in [4.69, 9.17) is 34.8 Å². The van der Waals surface area contributed by atoms with E-state index in [1.807, 2.05) is 36.4 Å². The van der Waals surface area contributed by atoms with Crippen LogP contribution in [0.2, 0.25) is 21.4 Å². The lowest BCUT2D eigenvalue weighted by molar-refractivity contribution is 0.874. The number of benzene rings is 3. The molecule has 0 atom stereocenters. The van der Waals surface area contributed by atoms with Gasteiger partial charge in [-0.25, -0.2) is 0 Å². The largest absolute Gasteiger partial charge is 0.198 e. The van der Waals surface area contributed by atoms with Crippen LogP contribution in [0.25, 0.3) is 0 Å². The van der Waals surface area contributed by atoms with Crippen LogP contribution in [-0.2, 0) is 0 Å². The van der Waals surface area contributed by atoms with Crippen molar-refractivity contribution in [3.05, 3.63) is 87.9 Å². The van der Waals surface area contributed by atoms with Crippen LogP contribution in [0.1, 0.15) is 19.8 Å². The number of hydrogen-bond acceptors (Lipinski definition) is 0. The van der Waals surface area contributed by atoms with Crippen LogP contribution >= 0.6 is 34.8 Å². The predicted molar refractivity (Wildman–Crippen MR) is 119 cm³/mol. The minimum atomic E-state index is -1.22. The summed E-state index contributed by atoms with van der Waals surface area (Å²) in [6, 6.07) is 24.6. The van der Waals surface area contributed by atoms with Crippen molar-refractivity contribution in [1.29, 1.82) is 0 Å². The minimum Gasteiger partial charge on any atom is -0.198 e. The monoisotopic (exact) mass is 401 g/mol. The van der Waals surface area contributed by atoms with Gasteiger partial charge in [-0.3, -0.25) is 0 Å². The number of unbranched alkanes of at least 4 members (excludes halogenated alkanes) is 1. The molecule has 0 heterocycles. The van der Waals surface area contributed by atoms with Crippen molar-refractivity contribution in [3.8, 4) is 0 Å². The molecule has 0 aliphatic rings. The Hall–Kier alpha value is -1.41. The first-order chi connectivity index (χ1) is 12.6. The van der Waals surface area contributed by atoms with Gasteiger partial charge in [0.15, 0.2) is 0 Å². The molecule has 0 aliphatic carbocycles. The van der Waals surface area contributed by atoms with E-state index >= 15 is 0 Å². The Bertz CT molecular complexity index is 781. The standard InChI is InChI=1S/C22H21BCl3/c1-2-3-13-23(17-7-4-10-20(24)14-17,18-8-5-11-21(25)15-18)19-9-6-12-22(26)16-19/h4-12,14-16H,2-3,13H2,1H3/q-1. The molecule has 26 heavy (non-hydrogen) atoms. The van der Waals surface area contributed by atoms with Gasteiger partial charge in [-0.2, -0.15) is 22.7 Å². The number of halogens is 3. The lowest BCUT2D eigenvalue weighted by Gasteiger charge is -2.43. The molecule has 0 aromatic heterocycles. The normalized spacial score (nSPS) is 11.5. The zero-order valence-electron chi connectivity index (χ0n) is 14.8. The fourth-order valence-corrected chi connectivity index (χ4v) is 4.62. The van der Waals surface area contributed by atoms with Crippen LogP contribution < -0.4 is 16.4 Å². The van der Waals surface area contributed by atoms with Crippen molar-refractivity contribution in [2.24, 2.45) is 0 Å². The van der Waals surface area contributed by atoms with Crippen LogP contribution in [0.3, 0.4) is 0 Å². The van der Waals surface area contributed by atoms with E-state index in [-0.39, 0.29) is 0 Å². The number of rotatable bonds is 6. The summed E-state index contributed by atoms with van der Waals surface area (Å²) < 4.78 is 0. The summed E-state index contributed by atoms with van der Waals surface area (Å²) in [6.45, 7) is 2.22. The van der Waals surface area contributed by atoms with E-state index in [1.54, 1.807) is 0 Å². The van der Waals surface area contributed by atoms with Crippen molar-refractivity contribution in [1.82, 2.24) is 0 Å². The smallest absolute Gasteiger partial charge is 0.0816 e. The Labute approximate surface area is 171 Å². The molecule has 0 aliphatic heterocycles. The summed E-state index contributed by atoms with van der Waals surface area (Å²) in [5.74, 6) is 0. The highest BCUT2D eigenvalue weighted by molar-refractivity contribution is 7.11. The maximum atomic E-state index is 6.38. The first-order valence-corrected chi connectivity index (χ1v) is 10.1. The van der Waals surface area contributed by atoms with Crippen molar-refractivity contribution < 1.29 is 0 Å². The summed E-state index contributed by atoms with van der Waals surface area (Å²) in [7, 11) is 0. The summed E-state index contributed by atoms with van der Waals surface area (Å²) in [6.07, 6.45) is 2.01. The lowest BCUT2D eigenvalue weighted by atomic mass is 9.14. The predicted octanol–water partition coefficient (Wildman–Crippen LogP) is 5.92. The maximum absolute atomic E-state index is 6.38. The van der Waals surface area contributed by atoms with Gasteiger partial charge >= 0.3 is 0 Å². The van der Waals surface area contributed by atoms with Gasteiger partial charge in [0.2, 0.25) is 0 Å². The molecule has 0 unspecified atom stereocenters. The van der Waals surface area contributed by atoms with Crippen molar-refractivity contribution in [2.45, 2.75) is 26.1 Å². The average molecular weight is 403 g/mol. The molecule has 0 fully saturated rings. The minimum absolute atomic E-state index is 0.745. The average Bonchev–Trinajstić information content (AvgIpc) is 2.63. The molecule has 3 rings (SSSR count). The third-order valence-corrected chi connectivity index (χ3v) is 5.95. The molecule has 0 saturated heterocycles. The van der Waals surface area contributed by atoms with E-state index < -0.39 is 6.15 Å². The van der Waals surface area contributed by atoms with Crippen LogP contribution in [0, 0.1) is 0 Å². The molecule has 4 heteroatoms. The van der Waals surface area contributed by atoms with Gasteiger partial charge in [-0.05, 0) is 18.2 Å². The quantitative estimate of drug-likeness (QED) is 0.449. The molecule has 0 N–H and O–H groups in total. The highest BCUT2D eigenvalue weighted by atomic mass is 35.5. The third-order valence-electron chi connectivity index (χ3n) is 5.24. The topological polar surface area (TPSA) is 0 Å². The molecular formula is C22H21BCl3-. The summed E-state index contributed by atoms with van der Waals surface area (Å²) in [4.78, 5) is 0. The van der Waals surface area contributed by atoms with Crippen molar-refractivity contribution in [2.75, 3.05) is 0 Å². The summed E-state index contributed by atoms with van der Waals surface area (Å²) in [5, 5.41) is 2.23. The van der Waals surface area contributed by atoms with Gasteiger partial charge in [-0.1, -0.05) is 109 Å². The van der Waals surface area contributed by atoms with Gasteiger partial charge in [0, 0.05) is 15.1 Å². The van der Waals surface area contributed by atoms with Crippen molar-refractivity contribution >= 4 is 57.3 Å². The molecule has 0 spiro atoms. The Balaban J connectivity index is 2.34. The second kappa shape index (κ2) is 8.52. The molecule has 0 bridgehead atoms. The lowest BCUT2D eigenvalue weighted by Crippen LogP contribution is -2.67. The molecule has 0 amide bonds. The van der Waals surface area contributed by atoms with Crippen LogP contribution in [0.15, 0.2) is 72.8 Å². The van der Waals surface area contributed by atoms with Crippen LogP contribution in [-0.4, -0.2) is 6.15 Å². The Morgan fingerprint density at radius 1 is 0.654 bits per heavy atom. The van der Waals surface area contributed by atoms with E-state index in [0.717, 1.165) is 34.2 Å². The zero-order chi connectivity index (χ0) is 18.6. The van der Waals surface area contributed by atoms with Crippen LogP contribution in [0.5, 0.6) is 0 Å². The molecule has 3 aromatic rings. The molecule has 3 aromatic carbocycles. The molecular weight excluding hydrogens is 381 g/mol. The van der Waals surface area contributed by atoms with Gasteiger partial charge in [-0.15, -0.1) is 0 Å². The second-order valence-electron chi connectivity index (χ2n) is 6.85. The fourth-order valence-electron chi connectivity index (χ4n) is 4.03. The summed E-state index contributed by atoms with van der Waals surface area (Å²) >= 11 is 19.1. The summed E-state index contributed by atoms with van der Waals surface area (Å²) in [5.41, 5.74) is 3.65. The Morgan fingerprint density at radius 3 is 1.35 bits per heavy atom. The van der Waals surface area contributed by atoms with E-state index in [2.05, 4.69) is 43.3 Å². The maximum Gasteiger partial charge on any atom is 0.0816 e. The van der Waals surface area contributed by atoms with Gasteiger partial charge in [0.25, 0.3) is 0 Å². The second-order valence-corrected chi connectivity index (χ2v) is 8.16. The fraction of sp³-hybridized carbons (Fsp3) is 0.182. The van der Waals surface area contributed by atoms with Gasteiger partial charge < -0.3 is 0 Å². The molecule has 0 radical (unpaired) electrons. The highest BCUT2D eigenvalue weighted by Gasteiger charge is 2.30. The van der Waals surface area contributed by atoms with Crippen LogP contribution in [0.4, 0.5) is 0 Å². The van der Waals surface area contributed by atoms with Gasteiger partial charge in [0.1, 0.15) is 0 Å². The van der Waals surface area contributed by atoms with Crippen molar-refractivity contribution in [3.63, 3.8) is 0 Å². The first-order valence-electron chi connectivity index (χ1n) is 9.01. The van der Waals surface area contributed by atoms with Gasteiger partial charge in [0.05, 0.1) is 6.15 Å².